The minimum absolute atomic E-state index is 0.0823. The molecule has 1 aromatic heterocycles. The second-order valence-electron chi connectivity index (χ2n) is 6.02. The number of benzene rings is 1. The molecule has 0 aliphatic carbocycles. The van der Waals surface area contributed by atoms with E-state index in [1.165, 1.54) is 11.8 Å². The maximum absolute atomic E-state index is 12.4. The van der Waals surface area contributed by atoms with Gasteiger partial charge in [0.15, 0.2) is 11.5 Å². The highest BCUT2D eigenvalue weighted by Gasteiger charge is 2.24. The Bertz CT molecular complexity index is 684. The third-order valence-electron chi connectivity index (χ3n) is 4.44. The highest BCUT2D eigenvalue weighted by atomic mass is 16.3. The molecule has 5 nitrogen and oxygen atoms in total. The third-order valence-corrected chi connectivity index (χ3v) is 4.44. The van der Waals surface area contributed by atoms with Gasteiger partial charge in [0.25, 0.3) is 5.91 Å². The number of hydrogen-bond acceptors (Lipinski definition) is 4. The van der Waals surface area contributed by atoms with Crippen LogP contribution in [0.4, 0.5) is 0 Å². The molecule has 0 N–H and O–H groups in total. The van der Waals surface area contributed by atoms with Crippen molar-refractivity contribution in [2.75, 3.05) is 32.7 Å². The maximum atomic E-state index is 12.4. The Morgan fingerprint density at radius 2 is 1.75 bits per heavy atom. The van der Waals surface area contributed by atoms with E-state index in [1.807, 2.05) is 24.3 Å². The van der Waals surface area contributed by atoms with E-state index in [-0.39, 0.29) is 11.7 Å². The molecular formula is C19H22N2O3. The van der Waals surface area contributed by atoms with Crippen molar-refractivity contribution in [3.63, 3.8) is 0 Å². The van der Waals surface area contributed by atoms with E-state index in [0.29, 0.717) is 38.5 Å². The normalized spacial score (nSPS) is 15.5. The highest BCUT2D eigenvalue weighted by molar-refractivity contribution is 5.97. The minimum Gasteiger partial charge on any atom is -0.459 e. The Labute approximate surface area is 141 Å². The molecule has 0 bridgehead atoms. The smallest absolute Gasteiger partial charge is 0.289 e. The average Bonchev–Trinajstić information content (AvgIpc) is 3.16. The summed E-state index contributed by atoms with van der Waals surface area (Å²) in [4.78, 5) is 28.5. The second-order valence-corrected chi connectivity index (χ2v) is 6.02. The van der Waals surface area contributed by atoms with E-state index >= 15 is 0 Å². The molecule has 1 aromatic carbocycles. The summed E-state index contributed by atoms with van der Waals surface area (Å²) < 4.78 is 5.16. The van der Waals surface area contributed by atoms with Crippen LogP contribution in [0.25, 0.3) is 0 Å². The zero-order valence-electron chi connectivity index (χ0n) is 13.9. The number of ketones is 1. The van der Waals surface area contributed by atoms with Crippen LogP contribution in [0.15, 0.2) is 47.1 Å². The molecule has 0 atom stereocenters. The molecule has 126 valence electrons. The summed E-state index contributed by atoms with van der Waals surface area (Å²) in [5.74, 6) is 0.417. The summed E-state index contributed by atoms with van der Waals surface area (Å²) in [7, 11) is 0. The Morgan fingerprint density at radius 3 is 2.33 bits per heavy atom. The van der Waals surface area contributed by atoms with E-state index in [1.54, 1.807) is 17.0 Å². The number of carbonyl (C=O) groups is 2. The Morgan fingerprint density at radius 1 is 1.04 bits per heavy atom. The first-order chi connectivity index (χ1) is 11.7. The molecule has 2 aromatic rings. The third kappa shape index (κ3) is 3.74. The molecule has 1 aliphatic heterocycles. The number of piperazine rings is 1. The second kappa shape index (κ2) is 7.45. The van der Waals surface area contributed by atoms with E-state index in [9.17, 15) is 9.59 Å². The van der Waals surface area contributed by atoms with Gasteiger partial charge < -0.3 is 9.32 Å². The number of aryl methyl sites for hydroxylation is 1. The molecule has 3 rings (SSSR count). The molecule has 5 heteroatoms. The fraction of sp³-hybridized carbons (Fsp3) is 0.368. The predicted molar refractivity (Wildman–Crippen MR) is 91.2 cm³/mol. The first-order valence-electron chi connectivity index (χ1n) is 8.34. The Balaban J connectivity index is 1.51. The highest BCUT2D eigenvalue weighted by Crippen LogP contribution is 2.11. The first-order valence-corrected chi connectivity index (χ1v) is 8.34. The summed E-state index contributed by atoms with van der Waals surface area (Å²) >= 11 is 0. The lowest BCUT2D eigenvalue weighted by atomic mass is 10.1. The summed E-state index contributed by atoms with van der Waals surface area (Å²) in [6.45, 7) is 5.12. The molecule has 0 unspecified atom stereocenters. The average molecular weight is 326 g/mol. The molecular weight excluding hydrogens is 304 g/mol. The van der Waals surface area contributed by atoms with E-state index in [0.717, 1.165) is 12.0 Å². The molecule has 24 heavy (non-hydrogen) atoms. The number of amides is 1. The zero-order valence-corrected chi connectivity index (χ0v) is 13.9. The van der Waals surface area contributed by atoms with Crippen molar-refractivity contribution in [2.24, 2.45) is 0 Å². The van der Waals surface area contributed by atoms with Gasteiger partial charge >= 0.3 is 0 Å². The number of rotatable bonds is 5. The number of carbonyl (C=O) groups excluding carboxylic acids is 2. The minimum atomic E-state index is -0.0823. The van der Waals surface area contributed by atoms with Crippen molar-refractivity contribution < 1.29 is 14.0 Å². The van der Waals surface area contributed by atoms with Crippen molar-refractivity contribution in [3.8, 4) is 0 Å². The fourth-order valence-corrected chi connectivity index (χ4v) is 2.89. The van der Waals surface area contributed by atoms with Crippen LogP contribution >= 0.6 is 0 Å². The number of Topliss-reactive ketones (excluding diaryl/α,β-unsaturated/α-hetero) is 1. The lowest BCUT2D eigenvalue weighted by Gasteiger charge is -2.33. The molecule has 0 radical (unpaired) electrons. The molecule has 1 saturated heterocycles. The molecule has 2 heterocycles. The molecule has 0 saturated carbocycles. The molecule has 1 amide bonds. The van der Waals surface area contributed by atoms with Gasteiger partial charge in [0.05, 0.1) is 12.8 Å². The number of hydrogen-bond donors (Lipinski definition) is 0. The molecule has 1 fully saturated rings. The van der Waals surface area contributed by atoms with Crippen LogP contribution in [0.2, 0.25) is 0 Å². The Kier molecular flexibility index (Phi) is 5.11. The molecule has 0 spiro atoms. The van der Waals surface area contributed by atoms with Gasteiger partial charge in [-0.25, -0.2) is 0 Å². The van der Waals surface area contributed by atoms with Gasteiger partial charge in [-0.05, 0) is 24.1 Å². The van der Waals surface area contributed by atoms with Crippen LogP contribution in [0.1, 0.15) is 33.4 Å². The van der Waals surface area contributed by atoms with Crippen LogP contribution in [-0.2, 0) is 6.42 Å². The SMILES string of the molecule is CCc1ccc(C(=O)CN2CCN(C(=O)c3ccco3)CC2)cc1. The van der Waals surface area contributed by atoms with Crippen LogP contribution in [0.5, 0.6) is 0 Å². The van der Waals surface area contributed by atoms with Gasteiger partial charge in [0.2, 0.25) is 0 Å². The standard InChI is InChI=1S/C19H22N2O3/c1-2-15-5-7-16(8-6-15)17(22)14-20-9-11-21(12-10-20)19(23)18-4-3-13-24-18/h3-8,13H,2,9-12,14H2,1H3. The van der Waals surface area contributed by atoms with Crippen molar-refractivity contribution in [1.29, 1.82) is 0 Å². The summed E-state index contributed by atoms with van der Waals surface area (Å²) in [5.41, 5.74) is 1.98. The summed E-state index contributed by atoms with van der Waals surface area (Å²) in [6, 6.07) is 11.2. The quantitative estimate of drug-likeness (QED) is 0.792. The van der Waals surface area contributed by atoms with Gasteiger partial charge in [-0.1, -0.05) is 31.2 Å². The van der Waals surface area contributed by atoms with Crippen molar-refractivity contribution in [1.82, 2.24) is 9.80 Å². The fourth-order valence-electron chi connectivity index (χ4n) is 2.89. The van der Waals surface area contributed by atoms with Gasteiger partial charge in [-0.3, -0.25) is 14.5 Å². The first kappa shape index (κ1) is 16.5. The predicted octanol–water partition coefficient (Wildman–Crippen LogP) is 2.48. The van der Waals surface area contributed by atoms with Gasteiger partial charge in [0, 0.05) is 31.7 Å². The maximum Gasteiger partial charge on any atom is 0.289 e. The molecule has 1 aliphatic rings. The van der Waals surface area contributed by atoms with Gasteiger partial charge in [-0.15, -0.1) is 0 Å². The van der Waals surface area contributed by atoms with E-state index in [4.69, 9.17) is 4.42 Å². The van der Waals surface area contributed by atoms with Crippen LogP contribution in [0.3, 0.4) is 0 Å². The van der Waals surface area contributed by atoms with Crippen LogP contribution in [0, 0.1) is 0 Å². The number of nitrogens with zero attached hydrogens (tertiary/aromatic N) is 2. The summed E-state index contributed by atoms with van der Waals surface area (Å²) in [6.07, 6.45) is 2.48. The summed E-state index contributed by atoms with van der Waals surface area (Å²) in [5, 5.41) is 0. The largest absolute Gasteiger partial charge is 0.459 e. The van der Waals surface area contributed by atoms with Crippen LogP contribution in [-0.4, -0.2) is 54.2 Å². The van der Waals surface area contributed by atoms with Crippen molar-refractivity contribution in [2.45, 2.75) is 13.3 Å². The van der Waals surface area contributed by atoms with Crippen LogP contribution < -0.4 is 0 Å². The van der Waals surface area contributed by atoms with E-state index < -0.39 is 0 Å². The number of furan rings is 1. The topological polar surface area (TPSA) is 53.8 Å². The Hall–Kier alpha value is -2.40. The van der Waals surface area contributed by atoms with Gasteiger partial charge in [0.1, 0.15) is 0 Å². The van der Waals surface area contributed by atoms with Gasteiger partial charge in [-0.2, -0.15) is 0 Å². The van der Waals surface area contributed by atoms with Crippen molar-refractivity contribution >= 4 is 11.7 Å². The lowest BCUT2D eigenvalue weighted by molar-refractivity contribution is 0.0596. The van der Waals surface area contributed by atoms with E-state index in [2.05, 4.69) is 11.8 Å². The monoisotopic (exact) mass is 326 g/mol. The van der Waals surface area contributed by atoms with Crippen molar-refractivity contribution in [3.05, 3.63) is 59.5 Å². The zero-order chi connectivity index (χ0) is 16.9. The lowest BCUT2D eigenvalue weighted by Crippen LogP contribution is -2.49.